The molecule has 0 saturated carbocycles. The molecule has 0 aromatic carbocycles. The highest BCUT2D eigenvalue weighted by molar-refractivity contribution is 5.73. The van der Waals surface area contributed by atoms with Crippen molar-refractivity contribution in [2.45, 2.75) is 90.9 Å². The molecule has 1 saturated heterocycles. The van der Waals surface area contributed by atoms with E-state index < -0.39 is 54.5 Å². The smallest absolute Gasteiger partial charge is 0.305 e. The highest BCUT2D eigenvalue weighted by Gasteiger charge is 2.51. The quantitative estimate of drug-likeness (QED) is 0.222. The molecule has 1 aliphatic rings. The Labute approximate surface area is 198 Å². The lowest BCUT2D eigenvalue weighted by Crippen LogP contribution is -2.66. The fourth-order valence-corrected chi connectivity index (χ4v) is 3.41. The van der Waals surface area contributed by atoms with E-state index in [-0.39, 0.29) is 19.2 Å². The van der Waals surface area contributed by atoms with Gasteiger partial charge in [0, 0.05) is 40.7 Å². The van der Waals surface area contributed by atoms with E-state index in [2.05, 4.69) is 5.32 Å². The zero-order chi connectivity index (χ0) is 25.7. The van der Waals surface area contributed by atoms with Gasteiger partial charge in [0.2, 0.25) is 5.91 Å². The van der Waals surface area contributed by atoms with Crippen LogP contribution >= 0.6 is 0 Å². The van der Waals surface area contributed by atoms with E-state index in [0.717, 1.165) is 0 Å². The number of rotatable bonds is 13. The van der Waals surface area contributed by atoms with Crippen molar-refractivity contribution in [1.29, 1.82) is 0 Å². The first-order valence-corrected chi connectivity index (χ1v) is 11.2. The number of carbonyl (C=O) groups is 5. The van der Waals surface area contributed by atoms with Gasteiger partial charge in [0.25, 0.3) is 0 Å². The van der Waals surface area contributed by atoms with E-state index in [9.17, 15) is 24.0 Å². The van der Waals surface area contributed by atoms with Crippen LogP contribution in [0.2, 0.25) is 0 Å². The standard InChI is InChI=1S/C22H35NO11/c1-6-29-18(28)10-8-7-9-11-30-22-19(23-13(2)24)21(33-16(5)27)20(32-15(4)26)17(34-22)12-31-14(3)25/h17,19-22H,6-12H2,1-5H3,(H,23,24)/t17-,19+,20-,21-,22+/m1/s1. The van der Waals surface area contributed by atoms with E-state index in [1.54, 1.807) is 6.92 Å². The van der Waals surface area contributed by atoms with E-state index in [1.165, 1.54) is 27.7 Å². The van der Waals surface area contributed by atoms with Crippen molar-refractivity contribution < 1.29 is 52.4 Å². The minimum Gasteiger partial charge on any atom is -0.466 e. The van der Waals surface area contributed by atoms with Crippen LogP contribution in [0.25, 0.3) is 0 Å². The molecule has 34 heavy (non-hydrogen) atoms. The third kappa shape index (κ3) is 10.9. The van der Waals surface area contributed by atoms with Crippen LogP contribution in [0.4, 0.5) is 0 Å². The molecule has 1 aliphatic heterocycles. The molecule has 1 N–H and O–H groups in total. The van der Waals surface area contributed by atoms with Crippen molar-refractivity contribution >= 4 is 29.8 Å². The maximum absolute atomic E-state index is 11.9. The van der Waals surface area contributed by atoms with Crippen LogP contribution < -0.4 is 5.32 Å². The number of carbonyl (C=O) groups excluding carboxylic acids is 5. The Hall–Kier alpha value is -2.73. The molecule has 0 radical (unpaired) electrons. The molecule has 0 unspecified atom stereocenters. The third-order valence-corrected chi connectivity index (χ3v) is 4.68. The monoisotopic (exact) mass is 489 g/mol. The van der Waals surface area contributed by atoms with Crippen molar-refractivity contribution in [3.8, 4) is 0 Å². The summed E-state index contributed by atoms with van der Waals surface area (Å²) in [6, 6.07) is -1.00. The molecule has 0 spiro atoms. The summed E-state index contributed by atoms with van der Waals surface area (Å²) in [5, 5.41) is 2.63. The molecule has 1 rings (SSSR count). The summed E-state index contributed by atoms with van der Waals surface area (Å²) in [5.74, 6) is -2.66. The first-order valence-electron chi connectivity index (χ1n) is 11.2. The lowest BCUT2D eigenvalue weighted by atomic mass is 9.96. The highest BCUT2D eigenvalue weighted by atomic mass is 16.7. The molecule has 12 heteroatoms. The Morgan fingerprint density at radius 3 is 2.03 bits per heavy atom. The Morgan fingerprint density at radius 1 is 0.824 bits per heavy atom. The molecule has 1 fully saturated rings. The molecule has 194 valence electrons. The molecule has 0 bridgehead atoms. The van der Waals surface area contributed by atoms with Crippen LogP contribution in [-0.2, 0) is 52.4 Å². The second kappa shape index (κ2) is 15.2. The number of ether oxygens (including phenoxy) is 6. The Kier molecular flexibility index (Phi) is 13.1. The molecular formula is C22H35NO11. The summed E-state index contributed by atoms with van der Waals surface area (Å²) in [6.07, 6.45) is -2.27. The molecule has 5 atom stereocenters. The fourth-order valence-electron chi connectivity index (χ4n) is 3.41. The normalized spacial score (nSPS) is 24.0. The SMILES string of the molecule is CCOC(=O)CCCCCO[C@H]1O[C@H](COC(C)=O)[C@@H](OC(C)=O)[C@H](OC(C)=O)[C@@H]1NC(C)=O. The van der Waals surface area contributed by atoms with Crippen LogP contribution in [0.1, 0.15) is 60.3 Å². The van der Waals surface area contributed by atoms with E-state index in [0.29, 0.717) is 32.3 Å². The topological polar surface area (TPSA) is 153 Å². The predicted octanol–water partition coefficient (Wildman–Crippen LogP) is 0.783. The van der Waals surface area contributed by atoms with Crippen LogP contribution in [0.15, 0.2) is 0 Å². The third-order valence-electron chi connectivity index (χ3n) is 4.68. The number of hydrogen-bond acceptors (Lipinski definition) is 11. The van der Waals surface area contributed by atoms with Crippen molar-refractivity contribution in [1.82, 2.24) is 5.32 Å². The second-order valence-electron chi connectivity index (χ2n) is 7.71. The lowest BCUT2D eigenvalue weighted by Gasteiger charge is -2.44. The van der Waals surface area contributed by atoms with Crippen molar-refractivity contribution in [3.05, 3.63) is 0 Å². The van der Waals surface area contributed by atoms with Gasteiger partial charge in [0.15, 0.2) is 18.5 Å². The van der Waals surface area contributed by atoms with Crippen molar-refractivity contribution in [3.63, 3.8) is 0 Å². The molecular weight excluding hydrogens is 454 g/mol. The highest BCUT2D eigenvalue weighted by Crippen LogP contribution is 2.28. The van der Waals surface area contributed by atoms with Crippen molar-refractivity contribution in [2.24, 2.45) is 0 Å². The van der Waals surface area contributed by atoms with E-state index in [4.69, 9.17) is 28.4 Å². The minimum atomic E-state index is -1.16. The summed E-state index contributed by atoms with van der Waals surface area (Å²) in [6.45, 7) is 6.79. The van der Waals surface area contributed by atoms with Gasteiger partial charge in [-0.25, -0.2) is 0 Å². The summed E-state index contributed by atoms with van der Waals surface area (Å²) in [7, 11) is 0. The average Bonchev–Trinajstić information content (AvgIpc) is 2.72. The Bertz CT molecular complexity index is 711. The van der Waals surface area contributed by atoms with E-state index in [1.807, 2.05) is 0 Å². The van der Waals surface area contributed by atoms with Crippen LogP contribution in [0, 0.1) is 0 Å². The van der Waals surface area contributed by atoms with Gasteiger partial charge in [0.1, 0.15) is 18.8 Å². The lowest BCUT2D eigenvalue weighted by molar-refractivity contribution is -0.277. The number of nitrogens with one attached hydrogen (secondary N) is 1. The molecule has 12 nitrogen and oxygen atoms in total. The van der Waals surface area contributed by atoms with Gasteiger partial charge in [-0.3, -0.25) is 24.0 Å². The van der Waals surface area contributed by atoms with Crippen LogP contribution in [0.5, 0.6) is 0 Å². The van der Waals surface area contributed by atoms with Crippen LogP contribution in [0.3, 0.4) is 0 Å². The molecule has 0 aromatic heterocycles. The van der Waals surface area contributed by atoms with Gasteiger partial charge in [-0.05, 0) is 19.8 Å². The molecule has 0 aromatic rings. The number of esters is 4. The summed E-state index contributed by atoms with van der Waals surface area (Å²) in [4.78, 5) is 58.1. The maximum atomic E-state index is 11.9. The predicted molar refractivity (Wildman–Crippen MR) is 115 cm³/mol. The van der Waals surface area contributed by atoms with Crippen molar-refractivity contribution in [2.75, 3.05) is 19.8 Å². The van der Waals surface area contributed by atoms with Gasteiger partial charge in [-0.15, -0.1) is 0 Å². The van der Waals surface area contributed by atoms with Crippen LogP contribution in [-0.4, -0.2) is 80.2 Å². The Morgan fingerprint density at radius 2 is 1.47 bits per heavy atom. The van der Waals surface area contributed by atoms with E-state index >= 15 is 0 Å². The van der Waals surface area contributed by atoms with Gasteiger partial charge >= 0.3 is 23.9 Å². The van der Waals surface area contributed by atoms with Gasteiger partial charge < -0.3 is 33.7 Å². The summed E-state index contributed by atoms with van der Waals surface area (Å²) in [5.41, 5.74) is 0. The van der Waals surface area contributed by atoms with Gasteiger partial charge in [-0.2, -0.15) is 0 Å². The molecule has 1 amide bonds. The minimum absolute atomic E-state index is 0.203. The zero-order valence-electron chi connectivity index (χ0n) is 20.3. The number of hydrogen-bond donors (Lipinski definition) is 1. The number of unbranched alkanes of at least 4 members (excludes halogenated alkanes) is 2. The molecule has 1 heterocycles. The Balaban J connectivity index is 2.96. The molecule has 0 aliphatic carbocycles. The fraction of sp³-hybridized carbons (Fsp3) is 0.773. The van der Waals surface area contributed by atoms with Gasteiger partial charge in [0.05, 0.1) is 6.61 Å². The maximum Gasteiger partial charge on any atom is 0.305 e. The summed E-state index contributed by atoms with van der Waals surface area (Å²) >= 11 is 0. The number of amides is 1. The zero-order valence-corrected chi connectivity index (χ0v) is 20.3. The largest absolute Gasteiger partial charge is 0.466 e. The summed E-state index contributed by atoms with van der Waals surface area (Å²) < 4.78 is 32.4. The first-order chi connectivity index (χ1) is 16.0. The second-order valence-corrected chi connectivity index (χ2v) is 7.71. The first kappa shape index (κ1) is 29.3. The average molecular weight is 490 g/mol. The van der Waals surface area contributed by atoms with Gasteiger partial charge in [-0.1, -0.05) is 6.42 Å².